The quantitative estimate of drug-likeness (QED) is 0.792. The molecule has 0 atom stereocenters. The lowest BCUT2D eigenvalue weighted by molar-refractivity contribution is 0.837. The lowest BCUT2D eigenvalue weighted by Crippen LogP contribution is -2.03. The first-order chi connectivity index (χ1) is 9.33. The van der Waals surface area contributed by atoms with E-state index in [1.165, 1.54) is 0 Å². The van der Waals surface area contributed by atoms with Gasteiger partial charge in [0.25, 0.3) is 0 Å². The van der Waals surface area contributed by atoms with Crippen molar-refractivity contribution in [2.75, 3.05) is 5.32 Å². The van der Waals surface area contributed by atoms with Crippen LogP contribution >= 0.6 is 11.3 Å². The summed E-state index contributed by atoms with van der Waals surface area (Å²) in [6.07, 6.45) is 5.51. The number of anilines is 1. The van der Waals surface area contributed by atoms with Gasteiger partial charge in [0.2, 0.25) is 0 Å². The molecule has 3 aromatic rings. The molecule has 0 radical (unpaired) electrons. The summed E-state index contributed by atoms with van der Waals surface area (Å²) in [6.45, 7) is 0.771. The Bertz CT molecular complexity index is 640. The molecule has 2 heterocycles. The number of nitrogens with zero attached hydrogens (tertiary/aromatic N) is 3. The number of aryl methyl sites for hydroxylation is 1. The average molecular weight is 270 g/mol. The molecule has 5 heteroatoms. The Morgan fingerprint density at radius 1 is 1.26 bits per heavy atom. The molecular weight excluding hydrogens is 256 g/mol. The maximum atomic E-state index is 4.30. The van der Waals surface area contributed by atoms with Crippen LogP contribution in [0.4, 0.5) is 5.69 Å². The molecule has 0 amide bonds. The van der Waals surface area contributed by atoms with Crippen LogP contribution in [-0.2, 0) is 13.6 Å². The van der Waals surface area contributed by atoms with Gasteiger partial charge >= 0.3 is 0 Å². The minimum atomic E-state index is 0.771. The highest BCUT2D eigenvalue weighted by atomic mass is 32.1. The van der Waals surface area contributed by atoms with Crippen LogP contribution in [0.25, 0.3) is 10.6 Å². The van der Waals surface area contributed by atoms with Crippen LogP contribution < -0.4 is 5.32 Å². The van der Waals surface area contributed by atoms with Gasteiger partial charge in [-0.2, -0.15) is 0 Å². The van der Waals surface area contributed by atoms with Crippen molar-refractivity contribution >= 4 is 17.0 Å². The monoisotopic (exact) mass is 270 g/mol. The molecule has 0 aliphatic heterocycles. The number of hydrogen-bond donors (Lipinski definition) is 1. The lowest BCUT2D eigenvalue weighted by Gasteiger charge is -2.07. The maximum absolute atomic E-state index is 4.30. The number of nitrogens with one attached hydrogen (secondary N) is 1. The first-order valence-electron chi connectivity index (χ1n) is 6.02. The summed E-state index contributed by atoms with van der Waals surface area (Å²) in [6, 6.07) is 8.33. The Hall–Kier alpha value is -2.14. The number of hydrogen-bond acceptors (Lipinski definition) is 4. The van der Waals surface area contributed by atoms with E-state index in [1.54, 1.807) is 11.3 Å². The third kappa shape index (κ3) is 2.66. The Morgan fingerprint density at radius 3 is 2.74 bits per heavy atom. The predicted octanol–water partition coefficient (Wildman–Crippen LogP) is 3.16. The van der Waals surface area contributed by atoms with Crippen LogP contribution in [0.2, 0.25) is 0 Å². The standard InChI is InChI=1S/C14H14N4S/c1-18-10-15-8-13(18)9-17-12-4-2-11(3-5-12)14-16-6-7-19-14/h2-8,10,17H,9H2,1H3. The van der Waals surface area contributed by atoms with Crippen LogP contribution in [0.5, 0.6) is 0 Å². The van der Waals surface area contributed by atoms with Crippen molar-refractivity contribution in [3.05, 3.63) is 54.1 Å². The highest BCUT2D eigenvalue weighted by Gasteiger charge is 2.01. The molecule has 1 N–H and O–H groups in total. The van der Waals surface area contributed by atoms with Crippen LogP contribution in [0.1, 0.15) is 5.69 Å². The molecule has 0 spiro atoms. The van der Waals surface area contributed by atoms with E-state index in [2.05, 4.69) is 39.6 Å². The number of rotatable bonds is 4. The molecule has 0 saturated carbocycles. The molecule has 2 aromatic heterocycles. The fourth-order valence-electron chi connectivity index (χ4n) is 1.84. The molecule has 0 fully saturated rings. The van der Waals surface area contributed by atoms with E-state index >= 15 is 0 Å². The van der Waals surface area contributed by atoms with Gasteiger partial charge in [-0.25, -0.2) is 9.97 Å². The number of aromatic nitrogens is 3. The molecule has 0 aliphatic carbocycles. The molecule has 0 aliphatic rings. The van der Waals surface area contributed by atoms with Gasteiger partial charge in [0.1, 0.15) is 5.01 Å². The molecule has 0 saturated heterocycles. The third-order valence-corrected chi connectivity index (χ3v) is 3.78. The summed E-state index contributed by atoms with van der Waals surface area (Å²) in [5.41, 5.74) is 3.41. The second-order valence-corrected chi connectivity index (χ2v) is 5.16. The van der Waals surface area contributed by atoms with Crippen molar-refractivity contribution in [1.82, 2.24) is 14.5 Å². The van der Waals surface area contributed by atoms with Crippen LogP contribution in [-0.4, -0.2) is 14.5 Å². The van der Waals surface area contributed by atoms with E-state index in [-0.39, 0.29) is 0 Å². The SMILES string of the molecule is Cn1cncc1CNc1ccc(-c2nccs2)cc1. The largest absolute Gasteiger partial charge is 0.379 e. The topological polar surface area (TPSA) is 42.7 Å². The third-order valence-electron chi connectivity index (χ3n) is 2.95. The molecule has 96 valence electrons. The zero-order valence-electron chi connectivity index (χ0n) is 10.6. The molecule has 4 nitrogen and oxygen atoms in total. The van der Waals surface area contributed by atoms with Crippen LogP contribution in [0.3, 0.4) is 0 Å². The normalized spacial score (nSPS) is 10.6. The summed E-state index contributed by atoms with van der Waals surface area (Å²) in [4.78, 5) is 8.40. The van der Waals surface area contributed by atoms with E-state index in [0.29, 0.717) is 0 Å². The van der Waals surface area contributed by atoms with Crippen molar-refractivity contribution in [1.29, 1.82) is 0 Å². The van der Waals surface area contributed by atoms with E-state index in [9.17, 15) is 0 Å². The van der Waals surface area contributed by atoms with Crippen molar-refractivity contribution in [3.8, 4) is 10.6 Å². The number of thiazole rings is 1. The minimum Gasteiger partial charge on any atom is -0.379 e. The van der Waals surface area contributed by atoms with Gasteiger partial charge in [0, 0.05) is 36.1 Å². The van der Waals surface area contributed by atoms with Gasteiger partial charge in [0.05, 0.1) is 18.6 Å². The van der Waals surface area contributed by atoms with Gasteiger partial charge in [-0.15, -0.1) is 11.3 Å². The van der Waals surface area contributed by atoms with Crippen LogP contribution in [0, 0.1) is 0 Å². The highest BCUT2D eigenvalue weighted by molar-refractivity contribution is 7.13. The van der Waals surface area contributed by atoms with Crippen molar-refractivity contribution < 1.29 is 0 Å². The van der Waals surface area contributed by atoms with Gasteiger partial charge in [-0.05, 0) is 24.3 Å². The summed E-state index contributed by atoms with van der Waals surface area (Å²) in [7, 11) is 2.00. The zero-order chi connectivity index (χ0) is 13.1. The maximum Gasteiger partial charge on any atom is 0.123 e. The van der Waals surface area contributed by atoms with E-state index < -0.39 is 0 Å². The summed E-state index contributed by atoms with van der Waals surface area (Å²) < 4.78 is 2.01. The van der Waals surface area contributed by atoms with Gasteiger partial charge in [-0.1, -0.05) is 0 Å². The fraction of sp³-hybridized carbons (Fsp3) is 0.143. The summed E-state index contributed by atoms with van der Waals surface area (Å²) in [5, 5.41) is 6.43. The van der Waals surface area contributed by atoms with Gasteiger partial charge in [0.15, 0.2) is 0 Å². The zero-order valence-corrected chi connectivity index (χ0v) is 11.4. The predicted molar refractivity (Wildman–Crippen MR) is 78.1 cm³/mol. The van der Waals surface area contributed by atoms with Gasteiger partial charge < -0.3 is 9.88 Å². The molecule has 3 rings (SSSR count). The van der Waals surface area contributed by atoms with Crippen molar-refractivity contribution in [3.63, 3.8) is 0 Å². The smallest absolute Gasteiger partial charge is 0.123 e. The Kier molecular flexibility index (Phi) is 3.29. The highest BCUT2D eigenvalue weighted by Crippen LogP contribution is 2.23. The number of imidazole rings is 1. The number of benzene rings is 1. The molecule has 1 aromatic carbocycles. The summed E-state index contributed by atoms with van der Waals surface area (Å²) in [5.74, 6) is 0. The lowest BCUT2D eigenvalue weighted by atomic mass is 10.2. The van der Waals surface area contributed by atoms with Gasteiger partial charge in [-0.3, -0.25) is 0 Å². The van der Waals surface area contributed by atoms with Crippen LogP contribution in [0.15, 0.2) is 48.4 Å². The first-order valence-corrected chi connectivity index (χ1v) is 6.90. The molecule has 19 heavy (non-hydrogen) atoms. The van der Waals surface area contributed by atoms with Crippen molar-refractivity contribution in [2.45, 2.75) is 6.54 Å². The van der Waals surface area contributed by atoms with E-state index in [0.717, 1.165) is 28.5 Å². The van der Waals surface area contributed by atoms with Crippen molar-refractivity contribution in [2.24, 2.45) is 7.05 Å². The van der Waals surface area contributed by atoms with E-state index in [1.807, 2.05) is 35.7 Å². The Morgan fingerprint density at radius 2 is 2.11 bits per heavy atom. The van der Waals surface area contributed by atoms with E-state index in [4.69, 9.17) is 0 Å². The molecule has 0 unspecified atom stereocenters. The summed E-state index contributed by atoms with van der Waals surface area (Å²) >= 11 is 1.65. The minimum absolute atomic E-state index is 0.771. The molecular formula is C14H14N4S. The Balaban J connectivity index is 1.68. The second-order valence-electron chi connectivity index (χ2n) is 4.26. The molecule has 0 bridgehead atoms. The first kappa shape index (κ1) is 11.9. The fourth-order valence-corrected chi connectivity index (χ4v) is 2.49. The Labute approximate surface area is 115 Å². The average Bonchev–Trinajstić information content (AvgIpc) is 3.09. The second kappa shape index (κ2) is 5.24.